The minimum absolute atomic E-state index is 0.388. The van der Waals surface area contributed by atoms with Crippen LogP contribution < -0.4 is 10.0 Å². The van der Waals surface area contributed by atoms with Crippen LogP contribution >= 0.6 is 0 Å². The summed E-state index contributed by atoms with van der Waals surface area (Å²) < 4.78 is 28.0. The molecular formula is C16H26N2O2S. The molecule has 0 amide bonds. The standard InChI is InChI=1S/C16H26N2O2S/c1-5-16(3,4)18-21(19,20)15-10-13(7-6-12(15)2)11-17-14-8-9-14/h6-7,10,14,17-18H,5,8-9,11H2,1-4H3. The molecule has 118 valence electrons. The van der Waals surface area contributed by atoms with Crippen LogP contribution in [-0.4, -0.2) is 20.0 Å². The molecular weight excluding hydrogens is 284 g/mol. The van der Waals surface area contributed by atoms with Crippen molar-refractivity contribution in [2.45, 2.75) is 70.0 Å². The third-order valence-electron chi connectivity index (χ3n) is 4.01. The Morgan fingerprint density at radius 2 is 1.95 bits per heavy atom. The second-order valence-electron chi connectivity index (χ2n) is 6.60. The summed E-state index contributed by atoms with van der Waals surface area (Å²) in [5.74, 6) is 0. The number of aryl methyl sites for hydroxylation is 1. The van der Waals surface area contributed by atoms with Crippen molar-refractivity contribution in [2.75, 3.05) is 0 Å². The van der Waals surface area contributed by atoms with Crippen molar-refractivity contribution in [1.82, 2.24) is 10.0 Å². The van der Waals surface area contributed by atoms with Gasteiger partial charge >= 0.3 is 0 Å². The molecule has 0 spiro atoms. The van der Waals surface area contributed by atoms with Crippen LogP contribution in [0.1, 0.15) is 51.2 Å². The van der Waals surface area contributed by atoms with Gasteiger partial charge in [0, 0.05) is 18.1 Å². The van der Waals surface area contributed by atoms with Gasteiger partial charge in [-0.2, -0.15) is 0 Å². The highest BCUT2D eigenvalue weighted by molar-refractivity contribution is 7.89. The molecule has 0 atom stereocenters. The Morgan fingerprint density at radius 1 is 1.29 bits per heavy atom. The topological polar surface area (TPSA) is 58.2 Å². The molecule has 5 heteroatoms. The van der Waals surface area contributed by atoms with E-state index >= 15 is 0 Å². The summed E-state index contributed by atoms with van der Waals surface area (Å²) in [6.45, 7) is 8.35. The number of sulfonamides is 1. The largest absolute Gasteiger partial charge is 0.310 e. The Balaban J connectivity index is 2.21. The van der Waals surface area contributed by atoms with Gasteiger partial charge in [0.15, 0.2) is 0 Å². The van der Waals surface area contributed by atoms with Crippen molar-refractivity contribution in [3.05, 3.63) is 29.3 Å². The Morgan fingerprint density at radius 3 is 2.52 bits per heavy atom. The first-order chi connectivity index (χ1) is 9.73. The SMILES string of the molecule is CCC(C)(C)NS(=O)(=O)c1cc(CNC2CC2)ccc1C. The fraction of sp³-hybridized carbons (Fsp3) is 0.625. The monoisotopic (exact) mass is 310 g/mol. The summed E-state index contributed by atoms with van der Waals surface area (Å²) in [5.41, 5.74) is 1.36. The number of hydrogen-bond acceptors (Lipinski definition) is 3. The zero-order valence-corrected chi connectivity index (χ0v) is 14.2. The molecule has 0 bridgehead atoms. The van der Waals surface area contributed by atoms with Crippen molar-refractivity contribution in [3.63, 3.8) is 0 Å². The molecule has 1 aromatic rings. The lowest BCUT2D eigenvalue weighted by Crippen LogP contribution is -2.42. The van der Waals surface area contributed by atoms with E-state index in [0.717, 1.165) is 24.1 Å². The summed E-state index contributed by atoms with van der Waals surface area (Å²) >= 11 is 0. The maximum absolute atomic E-state index is 12.6. The molecule has 1 aliphatic carbocycles. The normalized spacial score (nSPS) is 16.2. The molecule has 2 N–H and O–H groups in total. The molecule has 1 aromatic carbocycles. The fourth-order valence-corrected chi connectivity index (χ4v) is 3.86. The van der Waals surface area contributed by atoms with E-state index in [1.165, 1.54) is 12.8 Å². The molecule has 2 rings (SSSR count). The van der Waals surface area contributed by atoms with Crippen molar-refractivity contribution >= 4 is 10.0 Å². The average Bonchev–Trinajstić information content (AvgIpc) is 3.20. The summed E-state index contributed by atoms with van der Waals surface area (Å²) in [7, 11) is -3.48. The predicted octanol–water partition coefficient (Wildman–Crippen LogP) is 2.71. The van der Waals surface area contributed by atoms with Crippen LogP contribution in [0.2, 0.25) is 0 Å². The minimum Gasteiger partial charge on any atom is -0.310 e. The van der Waals surface area contributed by atoms with E-state index < -0.39 is 15.6 Å². The quantitative estimate of drug-likeness (QED) is 0.814. The summed E-state index contributed by atoms with van der Waals surface area (Å²) in [5, 5.41) is 3.42. The van der Waals surface area contributed by atoms with Crippen molar-refractivity contribution in [2.24, 2.45) is 0 Å². The molecule has 0 aromatic heterocycles. The van der Waals surface area contributed by atoms with Gasteiger partial charge in [0.2, 0.25) is 10.0 Å². The van der Waals surface area contributed by atoms with Crippen molar-refractivity contribution in [1.29, 1.82) is 0 Å². The zero-order valence-electron chi connectivity index (χ0n) is 13.4. The summed E-state index contributed by atoms with van der Waals surface area (Å²) in [6, 6.07) is 6.29. The molecule has 1 aliphatic rings. The fourth-order valence-electron chi connectivity index (χ4n) is 2.08. The van der Waals surface area contributed by atoms with Gasteiger partial charge in [0.05, 0.1) is 4.90 Å². The Kier molecular flexibility index (Phi) is 4.76. The second-order valence-corrected chi connectivity index (χ2v) is 8.25. The third-order valence-corrected chi connectivity index (χ3v) is 5.85. The van der Waals surface area contributed by atoms with E-state index in [0.29, 0.717) is 10.9 Å². The smallest absolute Gasteiger partial charge is 0.241 e. The molecule has 1 saturated carbocycles. The van der Waals surface area contributed by atoms with E-state index in [2.05, 4.69) is 10.0 Å². The Labute approximate surface area is 128 Å². The van der Waals surface area contributed by atoms with Crippen LogP contribution in [0.5, 0.6) is 0 Å². The van der Waals surface area contributed by atoms with Gasteiger partial charge < -0.3 is 5.32 Å². The van der Waals surface area contributed by atoms with Gasteiger partial charge in [-0.1, -0.05) is 19.1 Å². The second kappa shape index (κ2) is 6.07. The van der Waals surface area contributed by atoms with Gasteiger partial charge in [-0.05, 0) is 57.2 Å². The lowest BCUT2D eigenvalue weighted by molar-refractivity contribution is 0.439. The first-order valence-corrected chi connectivity index (χ1v) is 9.09. The summed E-state index contributed by atoms with van der Waals surface area (Å²) in [4.78, 5) is 0.388. The highest BCUT2D eigenvalue weighted by atomic mass is 32.2. The molecule has 0 unspecified atom stereocenters. The van der Waals surface area contributed by atoms with Gasteiger partial charge in [-0.3, -0.25) is 0 Å². The van der Waals surface area contributed by atoms with Crippen LogP contribution in [0.3, 0.4) is 0 Å². The van der Waals surface area contributed by atoms with Crippen LogP contribution in [-0.2, 0) is 16.6 Å². The van der Waals surface area contributed by atoms with Crippen molar-refractivity contribution < 1.29 is 8.42 Å². The van der Waals surface area contributed by atoms with Crippen LogP contribution in [0.4, 0.5) is 0 Å². The van der Waals surface area contributed by atoms with E-state index in [9.17, 15) is 8.42 Å². The highest BCUT2D eigenvalue weighted by Crippen LogP contribution is 2.22. The lowest BCUT2D eigenvalue weighted by Gasteiger charge is -2.24. The number of hydrogen-bond donors (Lipinski definition) is 2. The van der Waals surface area contributed by atoms with Gasteiger partial charge in [0.25, 0.3) is 0 Å². The molecule has 1 fully saturated rings. The number of rotatable bonds is 7. The van der Waals surface area contributed by atoms with Crippen LogP contribution in [0.15, 0.2) is 23.1 Å². The Bertz CT molecular complexity index is 605. The maximum Gasteiger partial charge on any atom is 0.241 e. The van der Waals surface area contributed by atoms with Crippen molar-refractivity contribution in [3.8, 4) is 0 Å². The first-order valence-electron chi connectivity index (χ1n) is 7.60. The molecule has 4 nitrogen and oxygen atoms in total. The lowest BCUT2D eigenvalue weighted by atomic mass is 10.0. The first kappa shape index (κ1) is 16.5. The molecule has 21 heavy (non-hydrogen) atoms. The van der Waals surface area contributed by atoms with E-state index in [-0.39, 0.29) is 0 Å². The number of nitrogens with one attached hydrogen (secondary N) is 2. The van der Waals surface area contributed by atoms with E-state index in [1.54, 1.807) is 6.07 Å². The average molecular weight is 310 g/mol. The van der Waals surface area contributed by atoms with E-state index in [1.807, 2.05) is 39.8 Å². The highest BCUT2D eigenvalue weighted by Gasteiger charge is 2.26. The minimum atomic E-state index is -3.48. The third kappa shape index (κ3) is 4.53. The molecule has 0 heterocycles. The zero-order chi connectivity index (χ0) is 15.7. The maximum atomic E-state index is 12.6. The van der Waals surface area contributed by atoms with E-state index in [4.69, 9.17) is 0 Å². The van der Waals surface area contributed by atoms with Crippen LogP contribution in [0, 0.1) is 6.92 Å². The molecule has 0 saturated heterocycles. The Hall–Kier alpha value is -0.910. The summed E-state index contributed by atoms with van der Waals surface area (Å²) in [6.07, 6.45) is 3.20. The number of benzene rings is 1. The predicted molar refractivity (Wildman–Crippen MR) is 85.7 cm³/mol. The molecule has 0 aliphatic heterocycles. The van der Waals surface area contributed by atoms with Crippen LogP contribution in [0.25, 0.3) is 0 Å². The van der Waals surface area contributed by atoms with Gasteiger partial charge in [0.1, 0.15) is 0 Å². The van der Waals surface area contributed by atoms with Gasteiger partial charge in [-0.25, -0.2) is 13.1 Å². The molecule has 0 radical (unpaired) electrons. The van der Waals surface area contributed by atoms with Gasteiger partial charge in [-0.15, -0.1) is 0 Å².